The molecular formula is C16H21N5O2S. The second-order valence-electron chi connectivity index (χ2n) is 5.87. The summed E-state index contributed by atoms with van der Waals surface area (Å²) in [5, 5.41) is 0. The number of rotatable bonds is 5. The molecule has 3 heterocycles. The number of aromatic nitrogens is 3. The van der Waals surface area contributed by atoms with Crippen molar-refractivity contribution in [3.63, 3.8) is 0 Å². The summed E-state index contributed by atoms with van der Waals surface area (Å²) < 4.78 is 26.8. The van der Waals surface area contributed by atoms with Crippen molar-refractivity contribution in [2.24, 2.45) is 0 Å². The van der Waals surface area contributed by atoms with E-state index < -0.39 is 10.0 Å². The molecule has 1 aliphatic heterocycles. The third-order valence-corrected chi connectivity index (χ3v) is 5.96. The molecule has 24 heavy (non-hydrogen) atoms. The second-order valence-corrected chi connectivity index (χ2v) is 7.81. The van der Waals surface area contributed by atoms with E-state index in [-0.39, 0.29) is 4.90 Å². The molecule has 1 fully saturated rings. The third kappa shape index (κ3) is 3.70. The molecule has 0 aliphatic carbocycles. The average Bonchev–Trinajstić information content (AvgIpc) is 2.63. The van der Waals surface area contributed by atoms with E-state index in [1.54, 1.807) is 35.0 Å². The molecule has 0 N–H and O–H groups in total. The molecule has 0 radical (unpaired) electrons. The smallest absolute Gasteiger partial charge is 0.244 e. The van der Waals surface area contributed by atoms with Crippen LogP contribution in [0.3, 0.4) is 0 Å². The van der Waals surface area contributed by atoms with Gasteiger partial charge >= 0.3 is 0 Å². The van der Waals surface area contributed by atoms with Crippen LogP contribution in [-0.2, 0) is 16.6 Å². The standard InChI is InChI=1S/C16H21N5O2S/c1-20(13-14-11-17-7-8-18-14)16-6-5-15(12-19-16)24(22,23)21-9-3-2-4-10-21/h5-8,11-12H,2-4,9-10,13H2,1H3. The summed E-state index contributed by atoms with van der Waals surface area (Å²) in [4.78, 5) is 14.7. The SMILES string of the molecule is CN(Cc1cnccn1)c1ccc(S(=O)(=O)N2CCCCC2)cn1. The Bertz CT molecular complexity index is 759. The lowest BCUT2D eigenvalue weighted by molar-refractivity contribution is 0.346. The molecule has 0 atom stereocenters. The molecule has 0 unspecified atom stereocenters. The highest BCUT2D eigenvalue weighted by Gasteiger charge is 2.26. The zero-order valence-electron chi connectivity index (χ0n) is 13.7. The monoisotopic (exact) mass is 347 g/mol. The van der Waals surface area contributed by atoms with Gasteiger partial charge in [0.15, 0.2) is 0 Å². The minimum Gasteiger partial charge on any atom is -0.354 e. The molecule has 0 spiro atoms. The lowest BCUT2D eigenvalue weighted by Gasteiger charge is -2.26. The molecule has 8 heteroatoms. The Hall–Kier alpha value is -2.06. The van der Waals surface area contributed by atoms with Crippen LogP contribution in [0.4, 0.5) is 5.82 Å². The van der Waals surface area contributed by atoms with E-state index in [0.717, 1.165) is 25.0 Å². The zero-order chi connectivity index (χ0) is 17.0. The first-order valence-electron chi connectivity index (χ1n) is 7.99. The predicted molar refractivity (Wildman–Crippen MR) is 91.0 cm³/mol. The summed E-state index contributed by atoms with van der Waals surface area (Å²) in [5.74, 6) is 0.693. The molecule has 0 amide bonds. The van der Waals surface area contributed by atoms with Crippen molar-refractivity contribution >= 4 is 15.8 Å². The van der Waals surface area contributed by atoms with E-state index in [1.807, 2.05) is 11.9 Å². The number of nitrogens with zero attached hydrogens (tertiary/aromatic N) is 5. The van der Waals surface area contributed by atoms with Crippen LogP contribution in [0, 0.1) is 0 Å². The topological polar surface area (TPSA) is 79.3 Å². The van der Waals surface area contributed by atoms with Gasteiger partial charge in [-0.25, -0.2) is 13.4 Å². The lowest BCUT2D eigenvalue weighted by atomic mass is 10.2. The Morgan fingerprint density at radius 2 is 1.88 bits per heavy atom. The van der Waals surface area contributed by atoms with Crippen molar-refractivity contribution in [3.8, 4) is 0 Å². The fourth-order valence-corrected chi connectivity index (χ4v) is 4.20. The fraction of sp³-hybridized carbons (Fsp3) is 0.438. The Labute approximate surface area is 142 Å². The van der Waals surface area contributed by atoms with Crippen molar-refractivity contribution in [2.45, 2.75) is 30.7 Å². The molecular weight excluding hydrogens is 326 g/mol. The molecule has 7 nitrogen and oxygen atoms in total. The van der Waals surface area contributed by atoms with Crippen LogP contribution in [0.1, 0.15) is 25.0 Å². The van der Waals surface area contributed by atoms with Gasteiger partial charge in [0.05, 0.1) is 18.4 Å². The van der Waals surface area contributed by atoms with Crippen LogP contribution in [0.15, 0.2) is 41.8 Å². The molecule has 128 valence electrons. The van der Waals surface area contributed by atoms with Gasteiger partial charge in [-0.3, -0.25) is 9.97 Å². The first kappa shape index (κ1) is 16.8. The van der Waals surface area contributed by atoms with E-state index in [0.29, 0.717) is 25.5 Å². The molecule has 2 aromatic rings. The van der Waals surface area contributed by atoms with E-state index in [9.17, 15) is 8.42 Å². The highest BCUT2D eigenvalue weighted by molar-refractivity contribution is 7.89. The van der Waals surface area contributed by atoms with Gasteiger partial charge in [-0.1, -0.05) is 6.42 Å². The summed E-state index contributed by atoms with van der Waals surface area (Å²) in [5.41, 5.74) is 0.826. The summed E-state index contributed by atoms with van der Waals surface area (Å²) in [7, 11) is -1.55. The van der Waals surface area contributed by atoms with Crippen molar-refractivity contribution in [3.05, 3.63) is 42.6 Å². The van der Waals surface area contributed by atoms with Crippen molar-refractivity contribution < 1.29 is 8.42 Å². The summed E-state index contributed by atoms with van der Waals surface area (Å²) in [6.45, 7) is 1.74. The van der Waals surface area contributed by atoms with E-state index in [1.165, 1.54) is 6.20 Å². The highest BCUT2D eigenvalue weighted by Crippen LogP contribution is 2.21. The number of hydrogen-bond donors (Lipinski definition) is 0. The Kier molecular flexibility index (Phi) is 5.06. The van der Waals surface area contributed by atoms with Crippen LogP contribution >= 0.6 is 0 Å². The number of anilines is 1. The van der Waals surface area contributed by atoms with Crippen LogP contribution in [0.25, 0.3) is 0 Å². The predicted octanol–water partition coefficient (Wildman–Crippen LogP) is 1.68. The van der Waals surface area contributed by atoms with Gasteiger partial charge < -0.3 is 4.90 Å². The van der Waals surface area contributed by atoms with Crippen molar-refractivity contribution in [2.75, 3.05) is 25.0 Å². The number of sulfonamides is 1. The molecule has 2 aromatic heterocycles. The molecule has 3 rings (SSSR count). The first-order valence-corrected chi connectivity index (χ1v) is 9.43. The van der Waals surface area contributed by atoms with Gasteiger partial charge in [0.25, 0.3) is 0 Å². The Balaban J connectivity index is 1.73. The van der Waals surface area contributed by atoms with Crippen LogP contribution in [0.2, 0.25) is 0 Å². The zero-order valence-corrected chi connectivity index (χ0v) is 14.5. The maximum absolute atomic E-state index is 12.6. The minimum absolute atomic E-state index is 0.251. The highest BCUT2D eigenvalue weighted by atomic mass is 32.2. The van der Waals surface area contributed by atoms with Gasteiger partial charge in [0, 0.05) is 38.7 Å². The molecule has 1 saturated heterocycles. The average molecular weight is 347 g/mol. The van der Waals surface area contributed by atoms with Crippen LogP contribution in [-0.4, -0.2) is 47.8 Å². The fourth-order valence-electron chi connectivity index (χ4n) is 2.74. The van der Waals surface area contributed by atoms with Crippen LogP contribution < -0.4 is 4.90 Å². The quantitative estimate of drug-likeness (QED) is 0.819. The van der Waals surface area contributed by atoms with Gasteiger partial charge in [0.1, 0.15) is 10.7 Å². The van der Waals surface area contributed by atoms with Gasteiger partial charge in [-0.15, -0.1) is 0 Å². The number of hydrogen-bond acceptors (Lipinski definition) is 6. The lowest BCUT2D eigenvalue weighted by Crippen LogP contribution is -2.35. The number of piperidine rings is 1. The van der Waals surface area contributed by atoms with E-state index >= 15 is 0 Å². The summed E-state index contributed by atoms with van der Waals surface area (Å²) in [6.07, 6.45) is 9.35. The van der Waals surface area contributed by atoms with E-state index in [4.69, 9.17) is 0 Å². The molecule has 0 saturated carbocycles. The summed E-state index contributed by atoms with van der Waals surface area (Å²) >= 11 is 0. The minimum atomic E-state index is -3.43. The van der Waals surface area contributed by atoms with Gasteiger partial charge in [-0.2, -0.15) is 4.31 Å². The maximum Gasteiger partial charge on any atom is 0.244 e. The van der Waals surface area contributed by atoms with E-state index in [2.05, 4.69) is 15.0 Å². The second kappa shape index (κ2) is 7.23. The van der Waals surface area contributed by atoms with Gasteiger partial charge in [0.2, 0.25) is 10.0 Å². The Morgan fingerprint density at radius 1 is 1.08 bits per heavy atom. The maximum atomic E-state index is 12.6. The largest absolute Gasteiger partial charge is 0.354 e. The molecule has 0 bridgehead atoms. The number of pyridine rings is 1. The summed E-state index contributed by atoms with van der Waals surface area (Å²) in [6, 6.07) is 3.35. The molecule has 1 aliphatic rings. The molecule has 0 aromatic carbocycles. The van der Waals surface area contributed by atoms with Crippen molar-refractivity contribution in [1.82, 2.24) is 19.3 Å². The Morgan fingerprint density at radius 3 is 2.50 bits per heavy atom. The third-order valence-electron chi connectivity index (χ3n) is 4.08. The van der Waals surface area contributed by atoms with Crippen LogP contribution in [0.5, 0.6) is 0 Å². The normalized spacial score (nSPS) is 16.0. The first-order chi connectivity index (χ1) is 11.6. The van der Waals surface area contributed by atoms with Gasteiger partial charge in [-0.05, 0) is 25.0 Å². The van der Waals surface area contributed by atoms with Crippen molar-refractivity contribution in [1.29, 1.82) is 0 Å².